The van der Waals surface area contributed by atoms with Crippen molar-refractivity contribution in [2.45, 2.75) is 45.1 Å². The number of hydrogen-bond donors (Lipinski definition) is 2. The molecule has 1 aromatic rings. The van der Waals surface area contributed by atoms with Gasteiger partial charge in [0.1, 0.15) is 5.75 Å². The highest BCUT2D eigenvalue weighted by Crippen LogP contribution is 2.49. The average molecular weight is 289 g/mol. The summed E-state index contributed by atoms with van der Waals surface area (Å²) in [4.78, 5) is 13.5. The van der Waals surface area contributed by atoms with E-state index < -0.39 is 5.97 Å². The van der Waals surface area contributed by atoms with Gasteiger partial charge < -0.3 is 10.2 Å². The molecule has 0 bridgehead atoms. The van der Waals surface area contributed by atoms with E-state index in [9.17, 15) is 15.0 Å². The second-order valence-electron chi connectivity index (χ2n) is 6.55. The highest BCUT2D eigenvalue weighted by Gasteiger charge is 2.38. The number of phenolic OH excluding ortho intramolecular Hbond substituents is 1. The number of piperidine rings is 1. The van der Waals surface area contributed by atoms with Gasteiger partial charge in [0.2, 0.25) is 0 Å². The molecule has 0 radical (unpaired) electrons. The molecule has 1 fully saturated rings. The molecule has 1 aliphatic heterocycles. The molecule has 0 spiro atoms. The van der Waals surface area contributed by atoms with Gasteiger partial charge in [0.25, 0.3) is 0 Å². The van der Waals surface area contributed by atoms with Gasteiger partial charge in [0, 0.05) is 18.2 Å². The minimum atomic E-state index is -0.695. The van der Waals surface area contributed by atoms with E-state index in [1.165, 1.54) is 11.1 Å². The van der Waals surface area contributed by atoms with E-state index in [1.807, 2.05) is 6.07 Å². The maximum Gasteiger partial charge on any atom is 0.307 e. The minimum Gasteiger partial charge on any atom is -0.508 e. The first-order chi connectivity index (χ1) is 9.99. The molecule has 2 aliphatic rings. The molecule has 3 unspecified atom stereocenters. The molecule has 1 aromatic carbocycles. The van der Waals surface area contributed by atoms with Crippen LogP contribution in [0.3, 0.4) is 0 Å². The summed E-state index contributed by atoms with van der Waals surface area (Å²) in [6, 6.07) is 3.92. The molecule has 0 saturated carbocycles. The molecule has 3 atom stereocenters. The van der Waals surface area contributed by atoms with Gasteiger partial charge in [0.15, 0.2) is 0 Å². The Morgan fingerprint density at radius 3 is 2.81 bits per heavy atom. The Kier molecular flexibility index (Phi) is 3.66. The summed E-state index contributed by atoms with van der Waals surface area (Å²) in [6.45, 7) is 5.81. The molecule has 0 aromatic heterocycles. The summed E-state index contributed by atoms with van der Waals surface area (Å²) >= 11 is 0. The number of nitrogens with zero attached hydrogens (tertiary/aromatic N) is 1. The van der Waals surface area contributed by atoms with Crippen molar-refractivity contribution in [2.75, 3.05) is 13.1 Å². The minimum absolute atomic E-state index is 0.164. The van der Waals surface area contributed by atoms with Crippen LogP contribution in [0.2, 0.25) is 0 Å². The Hall–Kier alpha value is -1.55. The Bertz CT molecular complexity index is 569. The number of carbonyl (C=O) groups is 1. The second kappa shape index (κ2) is 5.34. The van der Waals surface area contributed by atoms with Crippen molar-refractivity contribution >= 4 is 5.97 Å². The van der Waals surface area contributed by atoms with Crippen molar-refractivity contribution in [2.24, 2.45) is 5.92 Å². The Balaban J connectivity index is 1.92. The lowest BCUT2D eigenvalue weighted by Gasteiger charge is -2.36. The molecule has 0 amide bonds. The van der Waals surface area contributed by atoms with E-state index in [0.29, 0.717) is 18.2 Å². The SMILES string of the molecule is Cc1ccc(O)c2c1C(C)CC2N1CCCC(C(=O)O)C1. The fourth-order valence-electron chi connectivity index (χ4n) is 4.13. The van der Waals surface area contributed by atoms with Crippen molar-refractivity contribution in [3.8, 4) is 5.75 Å². The third kappa shape index (κ3) is 2.42. The van der Waals surface area contributed by atoms with Gasteiger partial charge in [-0.25, -0.2) is 0 Å². The number of benzene rings is 1. The van der Waals surface area contributed by atoms with Crippen molar-refractivity contribution in [1.29, 1.82) is 0 Å². The molecule has 4 nitrogen and oxygen atoms in total. The average Bonchev–Trinajstić information content (AvgIpc) is 2.82. The lowest BCUT2D eigenvalue weighted by molar-refractivity contribution is -0.144. The second-order valence-corrected chi connectivity index (χ2v) is 6.55. The maximum atomic E-state index is 11.3. The van der Waals surface area contributed by atoms with Gasteiger partial charge in [-0.2, -0.15) is 0 Å². The highest BCUT2D eigenvalue weighted by molar-refractivity contribution is 5.70. The Labute approximate surface area is 125 Å². The van der Waals surface area contributed by atoms with Crippen LogP contribution in [0.25, 0.3) is 0 Å². The van der Waals surface area contributed by atoms with Crippen molar-refractivity contribution in [3.05, 3.63) is 28.8 Å². The molecule has 3 rings (SSSR count). The number of aromatic hydroxyl groups is 1. The van der Waals surface area contributed by atoms with E-state index in [2.05, 4.69) is 18.7 Å². The van der Waals surface area contributed by atoms with Gasteiger partial charge in [-0.3, -0.25) is 9.69 Å². The number of carboxylic acid groups (broad SMARTS) is 1. The van der Waals surface area contributed by atoms with Crippen LogP contribution in [0, 0.1) is 12.8 Å². The van der Waals surface area contributed by atoms with Crippen LogP contribution in [-0.2, 0) is 4.79 Å². The summed E-state index contributed by atoms with van der Waals surface area (Å²) in [5.41, 5.74) is 3.52. The quantitative estimate of drug-likeness (QED) is 0.878. The number of rotatable bonds is 2. The number of aryl methyl sites for hydroxylation is 1. The van der Waals surface area contributed by atoms with Crippen LogP contribution >= 0.6 is 0 Å². The monoisotopic (exact) mass is 289 g/mol. The van der Waals surface area contributed by atoms with Gasteiger partial charge >= 0.3 is 5.97 Å². The number of phenols is 1. The molecule has 2 N–H and O–H groups in total. The van der Waals surface area contributed by atoms with E-state index in [-0.39, 0.29) is 12.0 Å². The fraction of sp³-hybridized carbons (Fsp3) is 0.588. The fourth-order valence-corrected chi connectivity index (χ4v) is 4.13. The van der Waals surface area contributed by atoms with E-state index in [1.54, 1.807) is 6.07 Å². The summed E-state index contributed by atoms with van der Waals surface area (Å²) in [5, 5.41) is 19.6. The Morgan fingerprint density at radius 2 is 2.10 bits per heavy atom. The lowest BCUT2D eigenvalue weighted by atomic mass is 9.94. The zero-order valence-electron chi connectivity index (χ0n) is 12.7. The number of likely N-dealkylation sites (tertiary alicyclic amines) is 1. The lowest BCUT2D eigenvalue weighted by Crippen LogP contribution is -2.40. The summed E-state index contributed by atoms with van der Waals surface area (Å²) < 4.78 is 0. The van der Waals surface area contributed by atoms with Crippen molar-refractivity contribution < 1.29 is 15.0 Å². The molecular weight excluding hydrogens is 266 g/mol. The van der Waals surface area contributed by atoms with Crippen LogP contribution in [0.5, 0.6) is 5.75 Å². The third-order valence-electron chi connectivity index (χ3n) is 5.13. The predicted octanol–water partition coefficient (Wildman–Crippen LogP) is 3.05. The Morgan fingerprint density at radius 1 is 1.33 bits per heavy atom. The number of carboxylic acids is 1. The molecule has 1 aliphatic carbocycles. The molecule has 1 heterocycles. The van der Waals surface area contributed by atoms with Crippen LogP contribution < -0.4 is 0 Å². The molecular formula is C17H23NO3. The normalized spacial score (nSPS) is 29.3. The van der Waals surface area contributed by atoms with Crippen molar-refractivity contribution in [1.82, 2.24) is 4.90 Å². The van der Waals surface area contributed by atoms with Crippen LogP contribution in [-0.4, -0.2) is 34.2 Å². The molecule has 114 valence electrons. The van der Waals surface area contributed by atoms with E-state index in [0.717, 1.165) is 31.4 Å². The first-order valence-electron chi connectivity index (χ1n) is 7.78. The van der Waals surface area contributed by atoms with Gasteiger partial charge in [0.05, 0.1) is 5.92 Å². The summed E-state index contributed by atoms with van der Waals surface area (Å²) in [6.07, 6.45) is 2.66. The first-order valence-corrected chi connectivity index (χ1v) is 7.78. The predicted molar refractivity (Wildman–Crippen MR) is 80.5 cm³/mol. The van der Waals surface area contributed by atoms with Gasteiger partial charge in [-0.05, 0) is 55.8 Å². The van der Waals surface area contributed by atoms with Crippen LogP contribution in [0.1, 0.15) is 54.8 Å². The number of fused-ring (bicyclic) bond motifs is 1. The van der Waals surface area contributed by atoms with Crippen LogP contribution in [0.4, 0.5) is 0 Å². The largest absolute Gasteiger partial charge is 0.508 e. The zero-order chi connectivity index (χ0) is 15.1. The third-order valence-corrected chi connectivity index (χ3v) is 5.13. The van der Waals surface area contributed by atoms with E-state index >= 15 is 0 Å². The molecule has 21 heavy (non-hydrogen) atoms. The molecule has 1 saturated heterocycles. The van der Waals surface area contributed by atoms with Crippen LogP contribution in [0.15, 0.2) is 12.1 Å². The summed E-state index contributed by atoms with van der Waals surface area (Å²) in [5.74, 6) is -0.186. The van der Waals surface area contributed by atoms with Crippen molar-refractivity contribution in [3.63, 3.8) is 0 Å². The first kappa shape index (κ1) is 14.4. The van der Waals surface area contributed by atoms with Gasteiger partial charge in [-0.15, -0.1) is 0 Å². The zero-order valence-corrected chi connectivity index (χ0v) is 12.7. The maximum absolute atomic E-state index is 11.3. The number of hydrogen-bond acceptors (Lipinski definition) is 3. The molecule has 4 heteroatoms. The van der Waals surface area contributed by atoms with Gasteiger partial charge in [-0.1, -0.05) is 13.0 Å². The number of aliphatic carboxylic acids is 1. The summed E-state index contributed by atoms with van der Waals surface area (Å²) in [7, 11) is 0. The smallest absolute Gasteiger partial charge is 0.307 e. The topological polar surface area (TPSA) is 60.8 Å². The van der Waals surface area contributed by atoms with E-state index in [4.69, 9.17) is 0 Å². The highest BCUT2D eigenvalue weighted by atomic mass is 16.4. The standard InChI is InChI=1S/C17H23NO3/c1-10-5-6-14(19)16-13(8-11(2)15(10)16)18-7-3-4-12(9-18)17(20)21/h5-6,11-13,19H,3-4,7-9H2,1-2H3,(H,20,21).